The van der Waals surface area contributed by atoms with Gasteiger partial charge in [0.2, 0.25) is 0 Å². The summed E-state index contributed by atoms with van der Waals surface area (Å²) in [6.45, 7) is 0. The van der Waals surface area contributed by atoms with Crippen LogP contribution in [-0.2, 0) is 0 Å². The van der Waals surface area contributed by atoms with Gasteiger partial charge >= 0.3 is 0 Å². The van der Waals surface area contributed by atoms with Gasteiger partial charge in [-0.15, -0.1) is 0 Å². The molecule has 2 aromatic carbocycles. The lowest BCUT2D eigenvalue weighted by molar-refractivity contribution is 0.391. The van der Waals surface area contributed by atoms with Crippen LogP contribution in [0, 0.1) is 0 Å². The maximum atomic E-state index is 6.24. The molecular weight excluding hydrogens is 404 g/mol. The Balaban J connectivity index is 1.64. The average molecular weight is 429 g/mol. The molecule has 2 heterocycles. The molecule has 0 bridgehead atoms. The highest BCUT2D eigenvalue weighted by molar-refractivity contribution is 6.31. The van der Waals surface area contributed by atoms with Crippen molar-refractivity contribution in [3.8, 4) is 11.1 Å². The third kappa shape index (κ3) is 4.14. The number of nitrogens with two attached hydrogens (primary N) is 1. The number of anilines is 2. The molecule has 1 aliphatic carbocycles. The largest absolute Gasteiger partial charge is 0.336 e. The van der Waals surface area contributed by atoms with Gasteiger partial charge in [-0.25, -0.2) is 0 Å². The van der Waals surface area contributed by atoms with Crippen LogP contribution in [0.3, 0.4) is 0 Å². The molecule has 2 N–H and O–H groups in total. The van der Waals surface area contributed by atoms with Gasteiger partial charge in [0.15, 0.2) is 0 Å². The Morgan fingerprint density at radius 1 is 0.871 bits per heavy atom. The molecule has 2 aromatic heterocycles. The monoisotopic (exact) mass is 428 g/mol. The molecule has 156 valence electrons. The van der Waals surface area contributed by atoms with E-state index in [-0.39, 0.29) is 0 Å². The van der Waals surface area contributed by atoms with Crippen LogP contribution < -0.4 is 10.6 Å². The molecule has 0 radical (unpaired) electrons. The zero-order valence-electron chi connectivity index (χ0n) is 17.3. The summed E-state index contributed by atoms with van der Waals surface area (Å²) in [5.41, 5.74) is 11.6. The Morgan fingerprint density at radius 3 is 2.48 bits per heavy atom. The molecule has 31 heavy (non-hydrogen) atoms. The van der Waals surface area contributed by atoms with Crippen molar-refractivity contribution < 1.29 is 0 Å². The van der Waals surface area contributed by atoms with Gasteiger partial charge in [-0.2, -0.15) is 0 Å². The average Bonchev–Trinajstić information content (AvgIpc) is 2.81. The van der Waals surface area contributed by atoms with Crippen LogP contribution in [0.5, 0.6) is 0 Å². The van der Waals surface area contributed by atoms with Crippen molar-refractivity contribution in [2.24, 2.45) is 5.73 Å². The Labute approximate surface area is 187 Å². The fourth-order valence-corrected chi connectivity index (χ4v) is 4.74. The minimum Gasteiger partial charge on any atom is -0.336 e. The molecule has 5 heteroatoms. The molecule has 1 saturated carbocycles. The van der Waals surface area contributed by atoms with E-state index in [4.69, 9.17) is 17.3 Å². The van der Waals surface area contributed by atoms with E-state index in [9.17, 15) is 0 Å². The topological polar surface area (TPSA) is 55.0 Å². The fraction of sp³-hybridized carbons (Fsp3) is 0.231. The van der Waals surface area contributed by atoms with Gasteiger partial charge in [-0.1, -0.05) is 41.9 Å². The number of fused-ring (bicyclic) bond motifs is 1. The second-order valence-corrected chi connectivity index (χ2v) is 8.66. The summed E-state index contributed by atoms with van der Waals surface area (Å²) in [7, 11) is 0. The summed E-state index contributed by atoms with van der Waals surface area (Å²) in [4.78, 5) is 11.6. The number of hydrogen-bond acceptors (Lipinski definition) is 4. The lowest BCUT2D eigenvalue weighted by atomic mass is 9.90. The first-order chi connectivity index (χ1) is 15.2. The van der Waals surface area contributed by atoms with Crippen molar-refractivity contribution >= 4 is 33.9 Å². The van der Waals surface area contributed by atoms with E-state index >= 15 is 0 Å². The third-order valence-electron chi connectivity index (χ3n) is 6.16. The Morgan fingerprint density at radius 2 is 1.68 bits per heavy atom. The van der Waals surface area contributed by atoms with Crippen molar-refractivity contribution in [3.63, 3.8) is 0 Å². The number of benzene rings is 2. The summed E-state index contributed by atoms with van der Waals surface area (Å²) in [5, 5.41) is 1.78. The zero-order valence-corrected chi connectivity index (χ0v) is 18.0. The van der Waals surface area contributed by atoms with E-state index in [0.29, 0.717) is 17.1 Å². The number of hydrogen-bond donors (Lipinski definition) is 1. The summed E-state index contributed by atoms with van der Waals surface area (Å²) in [6.07, 6.45) is 9.91. The lowest BCUT2D eigenvalue weighted by Gasteiger charge is -2.38. The highest BCUT2D eigenvalue weighted by Gasteiger charge is 2.27. The van der Waals surface area contributed by atoms with Crippen LogP contribution in [0.1, 0.15) is 25.7 Å². The summed E-state index contributed by atoms with van der Waals surface area (Å²) in [6, 6.07) is 21.3. The van der Waals surface area contributed by atoms with E-state index < -0.39 is 0 Å². The standard InChI is InChI=1S/C26H25ClN4/c27-20-6-11-24-25(15-20)30-13-12-26(24)31(22-9-7-21(28)8-10-22)23-14-19(16-29-17-23)18-4-2-1-3-5-18/h1-6,11-17,21-22H,7-10,28H2. The maximum Gasteiger partial charge on any atom is 0.0737 e. The van der Waals surface area contributed by atoms with Gasteiger partial charge < -0.3 is 10.6 Å². The fourth-order valence-electron chi connectivity index (χ4n) is 4.57. The number of halogens is 1. The predicted octanol–water partition coefficient (Wildman–Crippen LogP) is 6.36. The molecule has 0 amide bonds. The van der Waals surface area contributed by atoms with Crippen molar-refractivity contribution in [3.05, 3.63) is 84.3 Å². The zero-order chi connectivity index (χ0) is 21.2. The molecule has 4 aromatic rings. The Bertz CT molecular complexity index is 1190. The van der Waals surface area contributed by atoms with E-state index in [1.807, 2.05) is 36.8 Å². The van der Waals surface area contributed by atoms with Crippen molar-refractivity contribution in [2.75, 3.05) is 4.90 Å². The second kappa shape index (κ2) is 8.66. The van der Waals surface area contributed by atoms with Gasteiger partial charge in [-0.3, -0.25) is 9.97 Å². The molecular formula is C26H25ClN4. The number of aromatic nitrogens is 2. The number of pyridine rings is 2. The summed E-state index contributed by atoms with van der Waals surface area (Å²) < 4.78 is 0. The third-order valence-corrected chi connectivity index (χ3v) is 6.39. The van der Waals surface area contributed by atoms with E-state index in [2.05, 4.69) is 57.3 Å². The maximum absolute atomic E-state index is 6.24. The summed E-state index contributed by atoms with van der Waals surface area (Å²) in [5.74, 6) is 0. The smallest absolute Gasteiger partial charge is 0.0737 e. The summed E-state index contributed by atoms with van der Waals surface area (Å²) >= 11 is 6.24. The lowest BCUT2D eigenvalue weighted by Crippen LogP contribution is -2.38. The van der Waals surface area contributed by atoms with Crippen LogP contribution in [-0.4, -0.2) is 22.1 Å². The van der Waals surface area contributed by atoms with Crippen LogP contribution in [0.2, 0.25) is 5.02 Å². The van der Waals surface area contributed by atoms with E-state index in [1.165, 1.54) is 0 Å². The van der Waals surface area contributed by atoms with E-state index in [0.717, 1.165) is 59.1 Å². The van der Waals surface area contributed by atoms with Crippen LogP contribution in [0.4, 0.5) is 11.4 Å². The Hall–Kier alpha value is -2.95. The van der Waals surface area contributed by atoms with Gasteiger partial charge in [-0.05, 0) is 61.6 Å². The van der Waals surface area contributed by atoms with Gasteiger partial charge in [0.1, 0.15) is 0 Å². The van der Waals surface area contributed by atoms with Crippen molar-refractivity contribution in [1.29, 1.82) is 0 Å². The molecule has 1 fully saturated rings. The van der Waals surface area contributed by atoms with Crippen LogP contribution in [0.15, 0.2) is 79.3 Å². The second-order valence-electron chi connectivity index (χ2n) is 8.23. The molecule has 0 atom stereocenters. The first kappa shape index (κ1) is 20.0. The number of nitrogens with zero attached hydrogens (tertiary/aromatic N) is 3. The molecule has 1 aliphatic rings. The minimum absolute atomic E-state index is 0.292. The Kier molecular flexibility index (Phi) is 5.58. The first-order valence-electron chi connectivity index (χ1n) is 10.8. The molecule has 0 aliphatic heterocycles. The van der Waals surface area contributed by atoms with Crippen LogP contribution in [0.25, 0.3) is 22.0 Å². The highest BCUT2D eigenvalue weighted by atomic mass is 35.5. The first-order valence-corrected chi connectivity index (χ1v) is 11.2. The normalized spacial score (nSPS) is 18.8. The molecule has 0 saturated heterocycles. The van der Waals surface area contributed by atoms with Crippen molar-refractivity contribution in [2.45, 2.75) is 37.8 Å². The van der Waals surface area contributed by atoms with Crippen molar-refractivity contribution in [1.82, 2.24) is 9.97 Å². The van der Waals surface area contributed by atoms with Crippen LogP contribution >= 0.6 is 11.6 Å². The molecule has 4 nitrogen and oxygen atoms in total. The SMILES string of the molecule is NC1CCC(N(c2cncc(-c3ccccc3)c2)c2ccnc3cc(Cl)ccc23)CC1. The van der Waals surface area contributed by atoms with E-state index in [1.54, 1.807) is 0 Å². The molecule has 0 spiro atoms. The quantitative estimate of drug-likeness (QED) is 0.411. The highest BCUT2D eigenvalue weighted by Crippen LogP contribution is 2.38. The minimum atomic E-state index is 0.292. The molecule has 0 unspecified atom stereocenters. The molecule has 5 rings (SSSR count). The van der Waals surface area contributed by atoms with Gasteiger partial charge in [0, 0.05) is 40.4 Å². The predicted molar refractivity (Wildman–Crippen MR) is 129 cm³/mol. The van der Waals surface area contributed by atoms with Gasteiger partial charge in [0.25, 0.3) is 0 Å². The number of rotatable bonds is 4. The van der Waals surface area contributed by atoms with Gasteiger partial charge in [0.05, 0.1) is 23.1 Å².